The van der Waals surface area contributed by atoms with Gasteiger partial charge in [-0.2, -0.15) is 0 Å². The van der Waals surface area contributed by atoms with Crippen molar-refractivity contribution in [1.29, 1.82) is 0 Å². The molecular formula is C31H43N3O5. The van der Waals surface area contributed by atoms with Gasteiger partial charge in [0.05, 0.1) is 36.9 Å². The molecule has 1 amide bonds. The highest BCUT2D eigenvalue weighted by molar-refractivity contribution is 5.76. The van der Waals surface area contributed by atoms with E-state index in [4.69, 9.17) is 14.2 Å². The van der Waals surface area contributed by atoms with Crippen LogP contribution in [0.5, 0.6) is 11.5 Å². The van der Waals surface area contributed by atoms with E-state index in [0.717, 1.165) is 82.1 Å². The molecule has 7 aliphatic rings. The molecule has 39 heavy (non-hydrogen) atoms. The number of methoxy groups -OCH3 is 1. The minimum atomic E-state index is -0.807. The van der Waals surface area contributed by atoms with Gasteiger partial charge in [-0.25, -0.2) is 0 Å². The highest BCUT2D eigenvalue weighted by Gasteiger charge is 2.76. The average Bonchev–Trinajstić information content (AvgIpc) is 3.57. The van der Waals surface area contributed by atoms with Crippen LogP contribution in [0.3, 0.4) is 0 Å². The standard InChI is InChI=1S/C31H43N3O5/c1-37-23-6-5-22-19-24-31(36)10-9-29(8-2-12-34(29)13-7-25(35)32-15-17-38-18-16-32)28-30(31,26(22)27(23)39-28)11-14-33(24)20-21-3-4-21/h5-6,21,24,28,36H,2-4,7-20H2,1H3/t24-,28+,29-,30+,31-/m1/s1. The third-order valence-corrected chi connectivity index (χ3v) is 11.8. The van der Waals surface area contributed by atoms with Gasteiger partial charge in [0.25, 0.3) is 0 Å². The van der Waals surface area contributed by atoms with Gasteiger partial charge < -0.3 is 24.2 Å². The van der Waals surface area contributed by atoms with Gasteiger partial charge in [-0.1, -0.05) is 6.07 Å². The van der Waals surface area contributed by atoms with Crippen molar-refractivity contribution in [3.05, 3.63) is 23.3 Å². The van der Waals surface area contributed by atoms with Gasteiger partial charge in [0.1, 0.15) is 6.10 Å². The predicted octanol–water partition coefficient (Wildman–Crippen LogP) is 2.34. The minimum absolute atomic E-state index is 0.124. The van der Waals surface area contributed by atoms with Gasteiger partial charge in [-0.15, -0.1) is 0 Å². The summed E-state index contributed by atoms with van der Waals surface area (Å²) in [5, 5.41) is 12.9. The Morgan fingerprint density at radius 2 is 1.95 bits per heavy atom. The largest absolute Gasteiger partial charge is 0.493 e. The van der Waals surface area contributed by atoms with E-state index in [9.17, 15) is 9.90 Å². The number of fused-ring (bicyclic) bond motifs is 1. The topological polar surface area (TPSA) is 74.7 Å². The molecule has 3 aliphatic carbocycles. The van der Waals surface area contributed by atoms with Crippen molar-refractivity contribution in [2.45, 2.75) is 86.5 Å². The second kappa shape index (κ2) is 8.81. The molecule has 4 heterocycles. The molecule has 3 saturated heterocycles. The Hall–Kier alpha value is -1.87. The van der Waals surface area contributed by atoms with Crippen molar-refractivity contribution < 1.29 is 24.1 Å². The molecule has 2 bridgehead atoms. The smallest absolute Gasteiger partial charge is 0.224 e. The summed E-state index contributed by atoms with van der Waals surface area (Å²) in [5.74, 6) is 2.71. The van der Waals surface area contributed by atoms with Crippen molar-refractivity contribution in [3.63, 3.8) is 0 Å². The zero-order valence-electron chi connectivity index (χ0n) is 23.3. The lowest BCUT2D eigenvalue weighted by molar-refractivity contribution is -0.217. The number of amides is 1. The Labute approximate surface area is 231 Å². The lowest BCUT2D eigenvalue weighted by Gasteiger charge is -2.67. The number of benzene rings is 1. The van der Waals surface area contributed by atoms with Crippen LogP contribution in [0.2, 0.25) is 0 Å². The van der Waals surface area contributed by atoms with Gasteiger partial charge >= 0.3 is 0 Å². The van der Waals surface area contributed by atoms with Crippen LogP contribution in [0.15, 0.2) is 12.1 Å². The number of likely N-dealkylation sites (tertiary alicyclic amines) is 2. The van der Waals surface area contributed by atoms with E-state index in [1.807, 2.05) is 4.90 Å². The summed E-state index contributed by atoms with van der Waals surface area (Å²) in [4.78, 5) is 20.3. The fourth-order valence-electron chi connectivity index (χ4n) is 9.81. The zero-order valence-corrected chi connectivity index (χ0v) is 23.3. The second-order valence-corrected chi connectivity index (χ2v) is 13.4. The fourth-order valence-corrected chi connectivity index (χ4v) is 9.81. The molecule has 2 spiro atoms. The molecule has 2 saturated carbocycles. The first-order valence-corrected chi connectivity index (χ1v) is 15.4. The molecule has 0 unspecified atom stereocenters. The first-order valence-electron chi connectivity index (χ1n) is 15.4. The summed E-state index contributed by atoms with van der Waals surface area (Å²) >= 11 is 0. The number of ether oxygens (including phenoxy) is 3. The summed E-state index contributed by atoms with van der Waals surface area (Å²) in [5.41, 5.74) is 1.18. The Bertz CT molecular complexity index is 1170. The monoisotopic (exact) mass is 537 g/mol. The van der Waals surface area contributed by atoms with Crippen molar-refractivity contribution >= 4 is 5.91 Å². The molecule has 0 aromatic heterocycles. The van der Waals surface area contributed by atoms with E-state index in [0.29, 0.717) is 32.7 Å². The second-order valence-electron chi connectivity index (χ2n) is 13.4. The molecular weight excluding hydrogens is 494 g/mol. The van der Waals surface area contributed by atoms with E-state index in [1.54, 1.807) is 7.11 Å². The number of hydrogen-bond donors (Lipinski definition) is 1. The van der Waals surface area contributed by atoms with Crippen molar-refractivity contribution in [3.8, 4) is 11.5 Å². The van der Waals surface area contributed by atoms with Gasteiger partial charge in [0, 0.05) is 44.2 Å². The molecule has 8 nitrogen and oxygen atoms in total. The van der Waals surface area contributed by atoms with Crippen LogP contribution in [-0.2, 0) is 21.4 Å². The highest BCUT2D eigenvalue weighted by Crippen LogP contribution is 2.69. The normalized spacial score (nSPS) is 39.1. The van der Waals surface area contributed by atoms with E-state index in [1.165, 1.54) is 24.0 Å². The van der Waals surface area contributed by atoms with Gasteiger partial charge in [0.15, 0.2) is 11.5 Å². The maximum atomic E-state index is 13.1. The summed E-state index contributed by atoms with van der Waals surface area (Å²) in [7, 11) is 1.73. The van der Waals surface area contributed by atoms with Crippen molar-refractivity contribution in [2.24, 2.45) is 5.92 Å². The van der Waals surface area contributed by atoms with Crippen LogP contribution >= 0.6 is 0 Å². The van der Waals surface area contributed by atoms with Crippen molar-refractivity contribution in [2.75, 3.05) is 59.6 Å². The van der Waals surface area contributed by atoms with Crippen LogP contribution < -0.4 is 9.47 Å². The van der Waals surface area contributed by atoms with E-state index in [2.05, 4.69) is 21.9 Å². The number of rotatable bonds is 6. The summed E-state index contributed by atoms with van der Waals surface area (Å²) in [6.45, 7) is 6.55. The first kappa shape index (κ1) is 24.9. The Morgan fingerprint density at radius 1 is 1.10 bits per heavy atom. The maximum Gasteiger partial charge on any atom is 0.224 e. The third kappa shape index (κ3) is 3.35. The molecule has 8 heteroatoms. The molecule has 8 rings (SSSR count). The number of carbonyl (C=O) groups is 1. The van der Waals surface area contributed by atoms with Crippen LogP contribution in [0.4, 0.5) is 0 Å². The Kier molecular flexibility index (Phi) is 5.62. The molecule has 4 aliphatic heterocycles. The number of hydrogen-bond acceptors (Lipinski definition) is 7. The lowest BCUT2D eigenvalue weighted by Crippen LogP contribution is -2.80. The number of piperidine rings is 1. The molecule has 212 valence electrons. The molecule has 5 fully saturated rings. The van der Waals surface area contributed by atoms with Crippen LogP contribution in [0.25, 0.3) is 0 Å². The molecule has 1 aromatic carbocycles. The maximum absolute atomic E-state index is 13.1. The van der Waals surface area contributed by atoms with E-state index >= 15 is 0 Å². The van der Waals surface area contributed by atoms with Crippen LogP contribution in [0, 0.1) is 5.92 Å². The van der Waals surface area contributed by atoms with E-state index in [-0.39, 0.29) is 23.6 Å². The SMILES string of the molecule is COc1ccc2c3c1O[C@H]1[C@@]4(CCCN4CCC(=O)N4CCOCC4)CC[C@@]4(O)[C@@H](C2)N(CC2CC2)CC[C@]314. The van der Waals surface area contributed by atoms with Gasteiger partial charge in [-0.3, -0.25) is 14.6 Å². The quantitative estimate of drug-likeness (QED) is 0.597. The number of nitrogens with zero attached hydrogens (tertiary/aromatic N) is 3. The first-order chi connectivity index (χ1) is 19.0. The third-order valence-electron chi connectivity index (χ3n) is 11.8. The Morgan fingerprint density at radius 3 is 2.74 bits per heavy atom. The minimum Gasteiger partial charge on any atom is -0.493 e. The highest BCUT2D eigenvalue weighted by atomic mass is 16.5. The van der Waals surface area contributed by atoms with Crippen molar-refractivity contribution in [1.82, 2.24) is 14.7 Å². The lowest BCUT2D eigenvalue weighted by atomic mass is 9.45. The average molecular weight is 538 g/mol. The Balaban J connectivity index is 1.16. The predicted molar refractivity (Wildman–Crippen MR) is 145 cm³/mol. The molecule has 1 N–H and O–H groups in total. The molecule has 1 aromatic rings. The van der Waals surface area contributed by atoms with Gasteiger partial charge in [0.2, 0.25) is 5.91 Å². The molecule has 5 atom stereocenters. The summed E-state index contributed by atoms with van der Waals surface area (Å²) in [6.07, 6.45) is 8.76. The van der Waals surface area contributed by atoms with Crippen LogP contribution in [0.1, 0.15) is 62.5 Å². The zero-order chi connectivity index (χ0) is 26.4. The number of aliphatic hydroxyl groups is 1. The number of carbonyl (C=O) groups excluding carboxylic acids is 1. The number of morpholine rings is 1. The van der Waals surface area contributed by atoms with Gasteiger partial charge in [-0.05, 0) is 82.0 Å². The van der Waals surface area contributed by atoms with Crippen LogP contribution in [-0.4, -0.2) is 109 Å². The summed E-state index contributed by atoms with van der Waals surface area (Å²) < 4.78 is 18.4. The van der Waals surface area contributed by atoms with E-state index < -0.39 is 11.0 Å². The summed E-state index contributed by atoms with van der Waals surface area (Å²) in [6, 6.07) is 4.46. The molecule has 0 radical (unpaired) electrons. The fraction of sp³-hybridized carbons (Fsp3) is 0.774.